The fourth-order valence-corrected chi connectivity index (χ4v) is 1.72. The van der Waals surface area contributed by atoms with E-state index >= 15 is 0 Å². The lowest BCUT2D eigenvalue weighted by molar-refractivity contribution is 0.193. The molecule has 3 nitrogen and oxygen atoms in total. The van der Waals surface area contributed by atoms with Crippen LogP contribution in [0.25, 0.3) is 0 Å². The molecule has 3 heteroatoms. The van der Waals surface area contributed by atoms with Crippen molar-refractivity contribution >= 4 is 5.69 Å². The molecule has 1 rings (SSSR count). The zero-order chi connectivity index (χ0) is 12.1. The Morgan fingerprint density at radius 2 is 1.75 bits per heavy atom. The topological polar surface area (TPSA) is 44.5 Å². The Hall–Kier alpha value is -1.38. The summed E-state index contributed by atoms with van der Waals surface area (Å²) < 4.78 is 10.9. The first-order valence-corrected chi connectivity index (χ1v) is 5.62. The van der Waals surface area contributed by atoms with Crippen LogP contribution in [-0.2, 0) is 0 Å². The van der Waals surface area contributed by atoms with Crippen LogP contribution in [0.1, 0.15) is 27.2 Å². The van der Waals surface area contributed by atoms with Gasteiger partial charge in [0, 0.05) is 23.9 Å². The van der Waals surface area contributed by atoms with Gasteiger partial charge in [0.05, 0.1) is 13.2 Å². The second-order valence-corrected chi connectivity index (χ2v) is 4.50. The molecule has 0 spiro atoms. The van der Waals surface area contributed by atoms with E-state index in [4.69, 9.17) is 15.2 Å². The molecule has 0 radical (unpaired) electrons. The largest absolute Gasteiger partial charge is 0.497 e. The first-order valence-electron chi connectivity index (χ1n) is 5.62. The molecule has 0 bridgehead atoms. The Morgan fingerprint density at radius 3 is 2.31 bits per heavy atom. The van der Waals surface area contributed by atoms with Gasteiger partial charge < -0.3 is 15.2 Å². The normalized spacial score (nSPS) is 12.6. The third kappa shape index (κ3) is 4.01. The monoisotopic (exact) mass is 223 g/mol. The van der Waals surface area contributed by atoms with Crippen LogP contribution >= 0.6 is 0 Å². The highest BCUT2D eigenvalue weighted by Crippen LogP contribution is 2.25. The van der Waals surface area contributed by atoms with Crippen LogP contribution in [0.4, 0.5) is 5.69 Å². The van der Waals surface area contributed by atoms with Crippen molar-refractivity contribution in [3.63, 3.8) is 0 Å². The summed E-state index contributed by atoms with van der Waals surface area (Å²) >= 11 is 0. The predicted octanol–water partition coefficient (Wildman–Crippen LogP) is 3.09. The van der Waals surface area contributed by atoms with E-state index in [2.05, 4.69) is 20.8 Å². The van der Waals surface area contributed by atoms with Gasteiger partial charge in [-0.1, -0.05) is 13.8 Å². The lowest BCUT2D eigenvalue weighted by atomic mass is 10.1. The molecule has 1 aromatic carbocycles. The third-order valence-electron chi connectivity index (χ3n) is 2.28. The molecular weight excluding hydrogens is 202 g/mol. The third-order valence-corrected chi connectivity index (χ3v) is 2.28. The maximum atomic E-state index is 5.79. The van der Waals surface area contributed by atoms with Crippen molar-refractivity contribution < 1.29 is 9.47 Å². The summed E-state index contributed by atoms with van der Waals surface area (Å²) in [6.07, 6.45) is 1.21. The predicted molar refractivity (Wildman–Crippen MR) is 67.0 cm³/mol. The molecule has 1 unspecified atom stereocenters. The van der Waals surface area contributed by atoms with E-state index in [1.807, 2.05) is 12.1 Å². The summed E-state index contributed by atoms with van der Waals surface area (Å²) in [6.45, 7) is 6.43. The lowest BCUT2D eigenvalue weighted by Gasteiger charge is -2.17. The van der Waals surface area contributed by atoms with Crippen LogP contribution in [0.15, 0.2) is 18.2 Å². The molecule has 1 aromatic rings. The molecule has 1 atom stereocenters. The van der Waals surface area contributed by atoms with Crippen molar-refractivity contribution in [2.75, 3.05) is 12.8 Å². The number of nitrogen functional groups attached to an aromatic ring is 1. The summed E-state index contributed by atoms with van der Waals surface area (Å²) in [5.74, 6) is 2.12. The van der Waals surface area contributed by atoms with Crippen LogP contribution in [0, 0.1) is 5.92 Å². The van der Waals surface area contributed by atoms with Crippen LogP contribution in [0.2, 0.25) is 0 Å². The molecule has 0 saturated carbocycles. The van der Waals surface area contributed by atoms with Crippen molar-refractivity contribution in [3.05, 3.63) is 18.2 Å². The van der Waals surface area contributed by atoms with Crippen molar-refractivity contribution in [1.82, 2.24) is 0 Å². The Morgan fingerprint density at radius 1 is 1.12 bits per heavy atom. The molecule has 0 fully saturated rings. The first kappa shape index (κ1) is 12.7. The highest BCUT2D eigenvalue weighted by atomic mass is 16.5. The van der Waals surface area contributed by atoms with E-state index in [0.29, 0.717) is 11.6 Å². The lowest BCUT2D eigenvalue weighted by Crippen LogP contribution is -2.14. The molecule has 0 heterocycles. The van der Waals surface area contributed by atoms with Gasteiger partial charge in [-0.15, -0.1) is 0 Å². The quantitative estimate of drug-likeness (QED) is 0.780. The number of methoxy groups -OCH3 is 1. The number of hydrogen-bond acceptors (Lipinski definition) is 3. The fraction of sp³-hybridized carbons (Fsp3) is 0.538. The average Bonchev–Trinajstić information content (AvgIpc) is 2.14. The zero-order valence-corrected chi connectivity index (χ0v) is 10.5. The standard InChI is InChI=1S/C13H21NO2/c1-9(2)5-10(3)16-13-7-11(14)6-12(8-13)15-4/h6-10H,5,14H2,1-4H3. The molecule has 16 heavy (non-hydrogen) atoms. The van der Waals surface area contributed by atoms with E-state index in [1.165, 1.54) is 0 Å². The van der Waals surface area contributed by atoms with Crippen molar-refractivity contribution in [1.29, 1.82) is 0 Å². The van der Waals surface area contributed by atoms with Crippen LogP contribution in [0.3, 0.4) is 0 Å². The second kappa shape index (κ2) is 5.64. The number of nitrogens with two attached hydrogens (primary N) is 1. The SMILES string of the molecule is COc1cc(N)cc(OC(C)CC(C)C)c1. The summed E-state index contributed by atoms with van der Waals surface area (Å²) in [4.78, 5) is 0. The van der Waals surface area contributed by atoms with Gasteiger partial charge in [0.15, 0.2) is 0 Å². The van der Waals surface area contributed by atoms with Crippen molar-refractivity contribution in [3.8, 4) is 11.5 Å². The van der Waals surface area contributed by atoms with E-state index in [-0.39, 0.29) is 6.10 Å². The summed E-state index contributed by atoms with van der Waals surface area (Å²) in [5, 5.41) is 0. The van der Waals surface area contributed by atoms with Gasteiger partial charge in [0.25, 0.3) is 0 Å². The van der Waals surface area contributed by atoms with Crippen LogP contribution < -0.4 is 15.2 Å². The van der Waals surface area contributed by atoms with E-state index in [0.717, 1.165) is 17.9 Å². The Labute approximate surface area is 97.6 Å². The molecular formula is C13H21NO2. The summed E-state index contributed by atoms with van der Waals surface area (Å²) in [6, 6.07) is 5.45. The van der Waals surface area contributed by atoms with Gasteiger partial charge in [-0.05, 0) is 19.3 Å². The van der Waals surface area contributed by atoms with E-state index in [9.17, 15) is 0 Å². The number of ether oxygens (including phenoxy) is 2. The van der Waals surface area contributed by atoms with Gasteiger partial charge in [-0.2, -0.15) is 0 Å². The second-order valence-electron chi connectivity index (χ2n) is 4.50. The highest BCUT2D eigenvalue weighted by Gasteiger charge is 2.08. The Kier molecular flexibility index (Phi) is 4.47. The zero-order valence-electron chi connectivity index (χ0n) is 10.5. The molecule has 0 saturated heterocycles. The summed E-state index contributed by atoms with van der Waals surface area (Å²) in [7, 11) is 1.62. The minimum atomic E-state index is 0.187. The molecule has 0 aliphatic heterocycles. The van der Waals surface area contributed by atoms with Gasteiger partial charge in [-0.25, -0.2) is 0 Å². The smallest absolute Gasteiger partial charge is 0.125 e. The molecule has 2 N–H and O–H groups in total. The average molecular weight is 223 g/mol. The van der Waals surface area contributed by atoms with Gasteiger partial charge in [0.2, 0.25) is 0 Å². The van der Waals surface area contributed by atoms with Crippen molar-refractivity contribution in [2.24, 2.45) is 5.92 Å². The molecule has 0 aromatic heterocycles. The first-order chi connectivity index (χ1) is 7.51. The Balaban J connectivity index is 2.69. The molecule has 0 aliphatic carbocycles. The van der Waals surface area contributed by atoms with Crippen LogP contribution in [-0.4, -0.2) is 13.2 Å². The maximum absolute atomic E-state index is 5.79. The van der Waals surface area contributed by atoms with Crippen LogP contribution in [0.5, 0.6) is 11.5 Å². The van der Waals surface area contributed by atoms with Crippen molar-refractivity contribution in [2.45, 2.75) is 33.3 Å². The van der Waals surface area contributed by atoms with Gasteiger partial charge >= 0.3 is 0 Å². The number of hydrogen-bond donors (Lipinski definition) is 1. The molecule has 90 valence electrons. The van der Waals surface area contributed by atoms with E-state index in [1.54, 1.807) is 13.2 Å². The number of anilines is 1. The van der Waals surface area contributed by atoms with Gasteiger partial charge in [0.1, 0.15) is 11.5 Å². The highest BCUT2D eigenvalue weighted by molar-refractivity contribution is 5.50. The van der Waals surface area contributed by atoms with Gasteiger partial charge in [-0.3, -0.25) is 0 Å². The maximum Gasteiger partial charge on any atom is 0.125 e. The van der Waals surface area contributed by atoms with E-state index < -0.39 is 0 Å². The number of benzene rings is 1. The number of rotatable bonds is 5. The fourth-order valence-electron chi connectivity index (χ4n) is 1.72. The Bertz CT molecular complexity index is 337. The minimum absolute atomic E-state index is 0.187. The summed E-state index contributed by atoms with van der Waals surface area (Å²) in [5.41, 5.74) is 6.41. The molecule has 0 amide bonds. The minimum Gasteiger partial charge on any atom is -0.497 e. The molecule has 0 aliphatic rings.